The van der Waals surface area contributed by atoms with E-state index in [9.17, 15) is 13.2 Å². The van der Waals surface area contributed by atoms with Gasteiger partial charge < -0.3 is 10.1 Å². The first-order chi connectivity index (χ1) is 13.4. The molecule has 3 aromatic rings. The normalized spacial score (nSPS) is 11.0. The first-order valence-electron chi connectivity index (χ1n) is 8.53. The van der Waals surface area contributed by atoms with E-state index < -0.39 is 15.7 Å². The van der Waals surface area contributed by atoms with Gasteiger partial charge in [0.2, 0.25) is 5.91 Å². The number of amides is 1. The largest absolute Gasteiger partial charge is 0.457 e. The van der Waals surface area contributed by atoms with Crippen LogP contribution in [-0.4, -0.2) is 20.1 Å². The quantitative estimate of drug-likeness (QED) is 0.593. The molecule has 7 heteroatoms. The SMILES string of the molecule is O=C(CCS(=O)(=O)c1ccc(Cl)cc1)Nc1cccc(Oc2ccccc2)c1. The number of carbonyl (C=O) groups excluding carboxylic acids is 1. The van der Waals surface area contributed by atoms with E-state index in [0.717, 1.165) is 0 Å². The number of hydrogen-bond donors (Lipinski definition) is 1. The van der Waals surface area contributed by atoms with E-state index in [-0.39, 0.29) is 17.1 Å². The smallest absolute Gasteiger partial charge is 0.225 e. The average Bonchev–Trinajstić information content (AvgIpc) is 2.68. The molecule has 0 heterocycles. The number of anilines is 1. The molecule has 1 amide bonds. The van der Waals surface area contributed by atoms with Gasteiger partial charge in [-0.1, -0.05) is 35.9 Å². The fraction of sp³-hybridized carbons (Fsp3) is 0.0952. The summed E-state index contributed by atoms with van der Waals surface area (Å²) in [6.07, 6.45) is -0.158. The van der Waals surface area contributed by atoms with E-state index in [1.807, 2.05) is 30.3 Å². The minimum absolute atomic E-state index is 0.142. The molecule has 144 valence electrons. The third-order valence-electron chi connectivity index (χ3n) is 3.87. The van der Waals surface area contributed by atoms with Crippen molar-refractivity contribution in [2.24, 2.45) is 0 Å². The molecule has 0 aliphatic carbocycles. The van der Waals surface area contributed by atoms with Gasteiger partial charge in [0.1, 0.15) is 11.5 Å². The Morgan fingerprint density at radius 2 is 1.57 bits per heavy atom. The molecular formula is C21H18ClNO4S. The van der Waals surface area contributed by atoms with Crippen LogP contribution < -0.4 is 10.1 Å². The van der Waals surface area contributed by atoms with Crippen molar-refractivity contribution in [2.45, 2.75) is 11.3 Å². The molecule has 0 saturated carbocycles. The fourth-order valence-electron chi connectivity index (χ4n) is 2.47. The maximum Gasteiger partial charge on any atom is 0.225 e. The van der Waals surface area contributed by atoms with Crippen LogP contribution in [0.4, 0.5) is 5.69 Å². The minimum atomic E-state index is -3.56. The molecule has 5 nitrogen and oxygen atoms in total. The van der Waals surface area contributed by atoms with E-state index in [1.54, 1.807) is 24.3 Å². The summed E-state index contributed by atoms with van der Waals surface area (Å²) in [6, 6.07) is 22.1. The van der Waals surface area contributed by atoms with Crippen LogP contribution in [0.3, 0.4) is 0 Å². The lowest BCUT2D eigenvalue weighted by molar-refractivity contribution is -0.115. The molecule has 0 saturated heterocycles. The molecule has 0 aliphatic rings. The van der Waals surface area contributed by atoms with Gasteiger partial charge in [0, 0.05) is 23.2 Å². The summed E-state index contributed by atoms with van der Waals surface area (Å²) in [7, 11) is -3.56. The van der Waals surface area contributed by atoms with Crippen LogP contribution in [-0.2, 0) is 14.6 Å². The van der Waals surface area contributed by atoms with Crippen molar-refractivity contribution < 1.29 is 17.9 Å². The van der Waals surface area contributed by atoms with Crippen molar-refractivity contribution in [1.82, 2.24) is 0 Å². The second-order valence-corrected chi connectivity index (χ2v) is 8.56. The van der Waals surface area contributed by atoms with Crippen LogP contribution in [0.15, 0.2) is 83.8 Å². The Labute approximate surface area is 168 Å². The van der Waals surface area contributed by atoms with Crippen molar-refractivity contribution in [3.63, 3.8) is 0 Å². The first kappa shape index (κ1) is 19.9. The number of nitrogens with one attached hydrogen (secondary N) is 1. The summed E-state index contributed by atoms with van der Waals surface area (Å²) >= 11 is 5.77. The maximum atomic E-state index is 12.3. The van der Waals surface area contributed by atoms with Gasteiger partial charge in [-0.05, 0) is 48.5 Å². The van der Waals surface area contributed by atoms with Gasteiger partial charge >= 0.3 is 0 Å². The lowest BCUT2D eigenvalue weighted by Gasteiger charge is -2.09. The number of hydrogen-bond acceptors (Lipinski definition) is 4. The standard InChI is InChI=1S/C21H18ClNO4S/c22-16-9-11-20(12-10-16)28(25,26)14-13-21(24)23-17-5-4-8-19(15-17)27-18-6-2-1-3-7-18/h1-12,15H,13-14H2,(H,23,24). The third-order valence-corrected chi connectivity index (χ3v) is 5.85. The van der Waals surface area contributed by atoms with E-state index in [1.165, 1.54) is 24.3 Å². The molecule has 0 fully saturated rings. The summed E-state index contributed by atoms with van der Waals surface area (Å²) < 4.78 is 30.4. The Morgan fingerprint density at radius 1 is 0.893 bits per heavy atom. The number of rotatable bonds is 7. The number of ether oxygens (including phenoxy) is 1. The molecule has 0 unspecified atom stereocenters. The lowest BCUT2D eigenvalue weighted by Crippen LogP contribution is -2.17. The van der Waals surface area contributed by atoms with E-state index >= 15 is 0 Å². The second kappa shape index (κ2) is 8.91. The molecule has 3 rings (SSSR count). The zero-order valence-corrected chi connectivity index (χ0v) is 16.4. The Kier molecular flexibility index (Phi) is 6.34. The van der Waals surface area contributed by atoms with Gasteiger partial charge in [0.25, 0.3) is 0 Å². The summed E-state index contributed by atoms with van der Waals surface area (Å²) in [5.74, 6) is 0.563. The molecule has 3 aromatic carbocycles. The van der Waals surface area contributed by atoms with Gasteiger partial charge in [0.05, 0.1) is 10.6 Å². The van der Waals surface area contributed by atoms with E-state index in [2.05, 4.69) is 5.32 Å². The Balaban J connectivity index is 1.59. The van der Waals surface area contributed by atoms with Gasteiger partial charge in [-0.15, -0.1) is 0 Å². The molecule has 0 radical (unpaired) electrons. The number of para-hydroxylation sites is 1. The first-order valence-corrected chi connectivity index (χ1v) is 10.6. The van der Waals surface area contributed by atoms with Crippen molar-refractivity contribution in [1.29, 1.82) is 0 Å². The third kappa shape index (κ3) is 5.58. The molecule has 0 aliphatic heterocycles. The topological polar surface area (TPSA) is 72.5 Å². The van der Waals surface area contributed by atoms with E-state index in [0.29, 0.717) is 22.2 Å². The summed E-state index contributed by atoms with van der Waals surface area (Å²) in [6.45, 7) is 0. The number of carbonyl (C=O) groups is 1. The zero-order valence-electron chi connectivity index (χ0n) is 14.8. The average molecular weight is 416 g/mol. The number of benzene rings is 3. The predicted octanol–water partition coefficient (Wildman–Crippen LogP) is 4.93. The molecule has 1 N–H and O–H groups in total. The van der Waals surface area contributed by atoms with Gasteiger partial charge in [-0.25, -0.2) is 8.42 Å². The fourth-order valence-corrected chi connectivity index (χ4v) is 3.84. The van der Waals surface area contributed by atoms with Crippen molar-refractivity contribution in [3.8, 4) is 11.5 Å². The monoisotopic (exact) mass is 415 g/mol. The highest BCUT2D eigenvalue weighted by Crippen LogP contribution is 2.24. The van der Waals surface area contributed by atoms with Crippen LogP contribution >= 0.6 is 11.6 Å². The summed E-state index contributed by atoms with van der Waals surface area (Å²) in [5, 5.41) is 3.15. The highest BCUT2D eigenvalue weighted by Gasteiger charge is 2.16. The van der Waals surface area contributed by atoms with Gasteiger partial charge in [-0.2, -0.15) is 0 Å². The van der Waals surface area contributed by atoms with Crippen LogP contribution in [0.25, 0.3) is 0 Å². The number of sulfone groups is 1. The summed E-state index contributed by atoms with van der Waals surface area (Å²) in [4.78, 5) is 12.3. The lowest BCUT2D eigenvalue weighted by atomic mass is 10.3. The van der Waals surface area contributed by atoms with Crippen LogP contribution in [0.5, 0.6) is 11.5 Å². The molecule has 0 spiro atoms. The zero-order chi connectivity index (χ0) is 20.0. The molecule has 0 atom stereocenters. The summed E-state index contributed by atoms with van der Waals surface area (Å²) in [5.41, 5.74) is 0.530. The minimum Gasteiger partial charge on any atom is -0.457 e. The van der Waals surface area contributed by atoms with E-state index in [4.69, 9.17) is 16.3 Å². The highest BCUT2D eigenvalue weighted by atomic mass is 35.5. The Hall–Kier alpha value is -2.83. The van der Waals surface area contributed by atoms with Crippen molar-refractivity contribution in [2.75, 3.05) is 11.1 Å². The van der Waals surface area contributed by atoms with Crippen molar-refractivity contribution in [3.05, 3.63) is 83.9 Å². The second-order valence-electron chi connectivity index (χ2n) is 6.01. The molecule has 0 aromatic heterocycles. The van der Waals surface area contributed by atoms with Crippen LogP contribution in [0.2, 0.25) is 5.02 Å². The van der Waals surface area contributed by atoms with Gasteiger partial charge in [0.15, 0.2) is 9.84 Å². The molecular weight excluding hydrogens is 398 g/mol. The Morgan fingerprint density at radius 3 is 2.29 bits per heavy atom. The number of halogens is 1. The Bertz CT molecular complexity index is 1050. The maximum absolute atomic E-state index is 12.3. The highest BCUT2D eigenvalue weighted by molar-refractivity contribution is 7.91. The molecule has 0 bridgehead atoms. The molecule has 28 heavy (non-hydrogen) atoms. The van der Waals surface area contributed by atoms with Crippen molar-refractivity contribution >= 4 is 33.0 Å². The van der Waals surface area contributed by atoms with Crippen LogP contribution in [0.1, 0.15) is 6.42 Å². The predicted molar refractivity (Wildman–Crippen MR) is 110 cm³/mol. The van der Waals surface area contributed by atoms with Crippen LogP contribution in [0, 0.1) is 0 Å². The van der Waals surface area contributed by atoms with Gasteiger partial charge in [-0.3, -0.25) is 4.79 Å².